The number of cyclic esters (lactones) is 1. The Bertz CT molecular complexity index is 388. The van der Waals surface area contributed by atoms with Crippen LogP contribution in [0.4, 0.5) is 0 Å². The van der Waals surface area contributed by atoms with Gasteiger partial charge in [0.15, 0.2) is 0 Å². The quantitative estimate of drug-likeness (QED) is 0.526. The van der Waals surface area contributed by atoms with Gasteiger partial charge in [0.2, 0.25) is 0 Å². The SMILES string of the molecule is C[C@H]1CCC/C=C\[C@@H]2CC(O)C[C@H]2[C@H](O)/C=C\C(=O)O1. The zero-order valence-corrected chi connectivity index (χ0v) is 11.9. The molecule has 0 radical (unpaired) electrons. The predicted molar refractivity (Wildman–Crippen MR) is 75.9 cm³/mol. The smallest absolute Gasteiger partial charge is 0.330 e. The lowest BCUT2D eigenvalue weighted by Gasteiger charge is -2.19. The van der Waals surface area contributed by atoms with Gasteiger partial charge in [-0.15, -0.1) is 0 Å². The molecule has 0 aromatic carbocycles. The van der Waals surface area contributed by atoms with Gasteiger partial charge in [-0.05, 0) is 56.9 Å². The van der Waals surface area contributed by atoms with Crippen LogP contribution in [0.15, 0.2) is 24.3 Å². The maximum atomic E-state index is 11.6. The number of hydrogen-bond acceptors (Lipinski definition) is 4. The van der Waals surface area contributed by atoms with E-state index in [1.54, 1.807) is 0 Å². The molecular weight excluding hydrogens is 256 g/mol. The summed E-state index contributed by atoms with van der Waals surface area (Å²) in [5.74, 6) is -0.249. The second kappa shape index (κ2) is 7.04. The fourth-order valence-corrected chi connectivity index (χ4v) is 3.10. The molecule has 0 aromatic heterocycles. The highest BCUT2D eigenvalue weighted by Gasteiger charge is 2.35. The van der Waals surface area contributed by atoms with E-state index < -0.39 is 12.1 Å². The molecule has 4 nitrogen and oxygen atoms in total. The number of hydrogen-bond donors (Lipinski definition) is 2. The first-order valence-electron chi connectivity index (χ1n) is 7.48. The Hall–Kier alpha value is -1.13. The summed E-state index contributed by atoms with van der Waals surface area (Å²) in [6, 6.07) is 0. The van der Waals surface area contributed by atoms with Gasteiger partial charge in [0.1, 0.15) is 0 Å². The van der Waals surface area contributed by atoms with E-state index in [0.717, 1.165) is 19.3 Å². The monoisotopic (exact) mass is 280 g/mol. The molecule has 0 bridgehead atoms. The number of aliphatic hydroxyl groups is 2. The number of ether oxygens (including phenoxy) is 1. The van der Waals surface area contributed by atoms with E-state index in [-0.39, 0.29) is 24.0 Å². The summed E-state index contributed by atoms with van der Waals surface area (Å²) in [4.78, 5) is 11.6. The molecule has 1 aliphatic carbocycles. The molecule has 1 heterocycles. The van der Waals surface area contributed by atoms with Gasteiger partial charge < -0.3 is 14.9 Å². The molecule has 5 atom stereocenters. The number of aliphatic hydroxyl groups excluding tert-OH is 2. The highest BCUT2D eigenvalue weighted by atomic mass is 16.5. The predicted octanol–water partition coefficient (Wildman–Crippen LogP) is 1.96. The minimum Gasteiger partial charge on any atom is -0.460 e. The molecular formula is C16H24O4. The molecule has 1 aliphatic heterocycles. The number of rotatable bonds is 0. The van der Waals surface area contributed by atoms with Gasteiger partial charge in [0.05, 0.1) is 18.3 Å². The van der Waals surface area contributed by atoms with Crippen LogP contribution in [0.3, 0.4) is 0 Å². The maximum absolute atomic E-state index is 11.6. The number of esters is 1. The number of fused-ring (bicyclic) bond motifs is 1. The van der Waals surface area contributed by atoms with E-state index in [1.807, 2.05) is 6.92 Å². The van der Waals surface area contributed by atoms with E-state index in [2.05, 4.69) is 12.2 Å². The van der Waals surface area contributed by atoms with E-state index in [4.69, 9.17) is 4.74 Å². The molecule has 1 fully saturated rings. The lowest BCUT2D eigenvalue weighted by atomic mass is 9.90. The van der Waals surface area contributed by atoms with Crippen molar-refractivity contribution in [3.63, 3.8) is 0 Å². The summed E-state index contributed by atoms with van der Waals surface area (Å²) in [5, 5.41) is 20.0. The highest BCUT2D eigenvalue weighted by Crippen LogP contribution is 2.36. The van der Waals surface area contributed by atoms with Crippen molar-refractivity contribution in [1.29, 1.82) is 0 Å². The largest absolute Gasteiger partial charge is 0.460 e. The van der Waals surface area contributed by atoms with E-state index >= 15 is 0 Å². The molecule has 2 aliphatic rings. The average molecular weight is 280 g/mol. The molecule has 2 N–H and O–H groups in total. The lowest BCUT2D eigenvalue weighted by Crippen LogP contribution is -2.21. The van der Waals surface area contributed by atoms with Crippen LogP contribution in [0, 0.1) is 11.8 Å². The van der Waals surface area contributed by atoms with E-state index in [0.29, 0.717) is 12.8 Å². The summed E-state index contributed by atoms with van der Waals surface area (Å²) in [5.41, 5.74) is 0. The fraction of sp³-hybridized carbons (Fsp3) is 0.688. The van der Waals surface area contributed by atoms with Crippen LogP contribution in [0.25, 0.3) is 0 Å². The van der Waals surface area contributed by atoms with E-state index in [1.165, 1.54) is 12.2 Å². The number of carbonyl (C=O) groups is 1. The van der Waals surface area contributed by atoms with Gasteiger partial charge in [0, 0.05) is 6.08 Å². The van der Waals surface area contributed by atoms with Crippen LogP contribution >= 0.6 is 0 Å². The van der Waals surface area contributed by atoms with Crippen LogP contribution in [-0.4, -0.2) is 34.5 Å². The Morgan fingerprint density at radius 2 is 2.05 bits per heavy atom. The molecule has 112 valence electrons. The zero-order chi connectivity index (χ0) is 14.5. The first kappa shape index (κ1) is 15.3. The minimum absolute atomic E-state index is 0.0246. The van der Waals surface area contributed by atoms with E-state index in [9.17, 15) is 15.0 Å². The van der Waals surface area contributed by atoms with Crippen molar-refractivity contribution < 1.29 is 19.7 Å². The second-order valence-electron chi connectivity index (χ2n) is 5.91. The highest BCUT2D eigenvalue weighted by molar-refractivity contribution is 5.82. The van der Waals surface area contributed by atoms with Crippen molar-refractivity contribution in [2.45, 2.75) is 57.3 Å². The molecule has 20 heavy (non-hydrogen) atoms. The van der Waals surface area contributed by atoms with Crippen LogP contribution in [0.2, 0.25) is 0 Å². The molecule has 2 rings (SSSR count). The second-order valence-corrected chi connectivity index (χ2v) is 5.91. The maximum Gasteiger partial charge on any atom is 0.330 e. The van der Waals surface area contributed by atoms with Crippen LogP contribution in [-0.2, 0) is 9.53 Å². The van der Waals surface area contributed by atoms with Gasteiger partial charge in [-0.2, -0.15) is 0 Å². The first-order valence-corrected chi connectivity index (χ1v) is 7.48. The Morgan fingerprint density at radius 3 is 2.85 bits per heavy atom. The normalized spacial score (nSPS) is 42.5. The Labute approximate surface area is 120 Å². The average Bonchev–Trinajstić information content (AvgIpc) is 2.76. The molecule has 1 unspecified atom stereocenters. The molecule has 0 spiro atoms. The molecule has 0 aromatic rings. The van der Waals surface area contributed by atoms with Crippen molar-refractivity contribution in [3.05, 3.63) is 24.3 Å². The van der Waals surface area contributed by atoms with Gasteiger partial charge in [0.25, 0.3) is 0 Å². The van der Waals surface area contributed by atoms with Crippen molar-refractivity contribution in [2.24, 2.45) is 11.8 Å². The Morgan fingerprint density at radius 1 is 1.25 bits per heavy atom. The third-order valence-electron chi connectivity index (χ3n) is 4.19. The van der Waals surface area contributed by atoms with Gasteiger partial charge >= 0.3 is 5.97 Å². The number of allylic oxidation sites excluding steroid dienone is 2. The Balaban J connectivity index is 2.11. The molecule has 0 saturated heterocycles. The number of carbonyl (C=O) groups excluding carboxylic acids is 1. The molecule has 1 saturated carbocycles. The molecule has 0 amide bonds. The molecule has 4 heteroatoms. The topological polar surface area (TPSA) is 66.8 Å². The third-order valence-corrected chi connectivity index (χ3v) is 4.19. The minimum atomic E-state index is -0.717. The summed E-state index contributed by atoms with van der Waals surface area (Å²) in [7, 11) is 0. The Kier molecular flexibility index (Phi) is 5.38. The van der Waals surface area contributed by atoms with Crippen molar-refractivity contribution in [3.8, 4) is 0 Å². The summed E-state index contributed by atoms with van der Waals surface area (Å²) in [6.45, 7) is 1.89. The zero-order valence-electron chi connectivity index (χ0n) is 11.9. The standard InChI is InChI=1S/C16H24O4/c1-11-5-3-2-4-6-12-9-13(17)10-14(12)15(18)7-8-16(19)20-11/h4,6-8,11-15,17-18H,2-3,5,9-10H2,1H3/b6-4-,8-7-/t11-,12+,13?,14+,15+/m0/s1. The van der Waals surface area contributed by atoms with Crippen LogP contribution < -0.4 is 0 Å². The van der Waals surface area contributed by atoms with Crippen LogP contribution in [0.1, 0.15) is 39.0 Å². The lowest BCUT2D eigenvalue weighted by molar-refractivity contribution is -0.142. The summed E-state index contributed by atoms with van der Waals surface area (Å²) in [6.07, 6.45) is 9.87. The fourth-order valence-electron chi connectivity index (χ4n) is 3.10. The summed E-state index contributed by atoms with van der Waals surface area (Å²) < 4.78 is 5.23. The van der Waals surface area contributed by atoms with Crippen molar-refractivity contribution in [2.75, 3.05) is 0 Å². The van der Waals surface area contributed by atoms with Gasteiger partial charge in [-0.1, -0.05) is 12.2 Å². The van der Waals surface area contributed by atoms with Crippen LogP contribution in [0.5, 0.6) is 0 Å². The third kappa shape index (κ3) is 4.18. The van der Waals surface area contributed by atoms with Gasteiger partial charge in [-0.3, -0.25) is 0 Å². The van der Waals surface area contributed by atoms with Gasteiger partial charge in [-0.25, -0.2) is 4.79 Å². The first-order chi connectivity index (χ1) is 9.56. The summed E-state index contributed by atoms with van der Waals surface area (Å²) >= 11 is 0. The van der Waals surface area contributed by atoms with Crippen molar-refractivity contribution in [1.82, 2.24) is 0 Å². The van der Waals surface area contributed by atoms with Crippen molar-refractivity contribution >= 4 is 5.97 Å².